The summed E-state index contributed by atoms with van der Waals surface area (Å²) in [6, 6.07) is 12.6. The molecular formula is C22H25FN2O4S. The first-order valence-corrected chi connectivity index (χ1v) is 11.6. The highest BCUT2D eigenvalue weighted by molar-refractivity contribution is 7.89. The quantitative estimate of drug-likeness (QED) is 0.762. The van der Waals surface area contributed by atoms with Gasteiger partial charge in [-0.2, -0.15) is 4.31 Å². The Morgan fingerprint density at radius 2 is 1.80 bits per heavy atom. The monoisotopic (exact) mass is 432 g/mol. The molecular weight excluding hydrogens is 407 g/mol. The lowest BCUT2D eigenvalue weighted by Gasteiger charge is -2.42. The third kappa shape index (κ3) is 4.12. The molecule has 0 atom stereocenters. The SMILES string of the molecule is O=C(NCC1(c2ccc(F)cc2)CCC1)c1cccc(S(=O)(=O)N2CCOCC2)c1. The van der Waals surface area contributed by atoms with Crippen LogP contribution in [0.15, 0.2) is 53.4 Å². The van der Waals surface area contributed by atoms with Gasteiger partial charge in [-0.3, -0.25) is 4.79 Å². The van der Waals surface area contributed by atoms with E-state index in [1.54, 1.807) is 24.3 Å². The van der Waals surface area contributed by atoms with E-state index in [-0.39, 0.29) is 22.0 Å². The minimum absolute atomic E-state index is 0.106. The molecule has 6 nitrogen and oxygen atoms in total. The van der Waals surface area contributed by atoms with Crippen molar-refractivity contribution in [1.82, 2.24) is 9.62 Å². The number of rotatable bonds is 6. The Balaban J connectivity index is 1.47. The third-order valence-electron chi connectivity index (χ3n) is 6.06. The maximum absolute atomic E-state index is 13.3. The van der Waals surface area contributed by atoms with Crippen molar-refractivity contribution < 1.29 is 22.3 Å². The van der Waals surface area contributed by atoms with Crippen LogP contribution < -0.4 is 5.32 Å². The summed E-state index contributed by atoms with van der Waals surface area (Å²) in [7, 11) is -3.66. The molecule has 8 heteroatoms. The minimum Gasteiger partial charge on any atom is -0.379 e. The highest BCUT2D eigenvalue weighted by atomic mass is 32.2. The molecule has 30 heavy (non-hydrogen) atoms. The van der Waals surface area contributed by atoms with E-state index in [9.17, 15) is 17.6 Å². The molecule has 1 aliphatic heterocycles. The summed E-state index contributed by atoms with van der Waals surface area (Å²) in [5.74, 6) is -0.599. The average molecular weight is 433 g/mol. The molecule has 1 N–H and O–H groups in total. The van der Waals surface area contributed by atoms with Gasteiger partial charge in [0.25, 0.3) is 5.91 Å². The van der Waals surface area contributed by atoms with Gasteiger partial charge in [-0.15, -0.1) is 0 Å². The Kier molecular flexibility index (Phi) is 5.90. The lowest BCUT2D eigenvalue weighted by molar-refractivity contribution is 0.0730. The molecule has 1 amide bonds. The van der Waals surface area contributed by atoms with E-state index in [4.69, 9.17) is 4.74 Å². The van der Waals surface area contributed by atoms with Gasteiger partial charge in [-0.05, 0) is 48.7 Å². The summed E-state index contributed by atoms with van der Waals surface area (Å²) in [6.45, 7) is 1.77. The fraction of sp³-hybridized carbons (Fsp3) is 0.409. The molecule has 0 bridgehead atoms. The number of morpholine rings is 1. The number of nitrogens with zero attached hydrogens (tertiary/aromatic N) is 1. The molecule has 0 unspecified atom stereocenters. The zero-order valence-electron chi connectivity index (χ0n) is 16.6. The van der Waals surface area contributed by atoms with Gasteiger partial charge in [0.2, 0.25) is 10.0 Å². The van der Waals surface area contributed by atoms with E-state index in [1.807, 2.05) is 0 Å². The van der Waals surface area contributed by atoms with Gasteiger partial charge in [0.15, 0.2) is 0 Å². The number of ether oxygens (including phenoxy) is 1. The Hall–Kier alpha value is -2.29. The van der Waals surface area contributed by atoms with Crippen LogP contribution in [0, 0.1) is 5.82 Å². The zero-order valence-corrected chi connectivity index (χ0v) is 17.5. The molecule has 0 spiro atoms. The van der Waals surface area contributed by atoms with E-state index in [1.165, 1.54) is 28.6 Å². The number of carbonyl (C=O) groups excluding carboxylic acids is 1. The maximum atomic E-state index is 13.3. The number of amides is 1. The lowest BCUT2D eigenvalue weighted by Crippen LogP contribution is -2.45. The van der Waals surface area contributed by atoms with E-state index in [0.717, 1.165) is 24.8 Å². The van der Waals surface area contributed by atoms with Crippen molar-refractivity contribution in [3.8, 4) is 0 Å². The second-order valence-corrected chi connectivity index (χ2v) is 9.81. The molecule has 2 aliphatic rings. The van der Waals surface area contributed by atoms with Crippen LogP contribution in [0.2, 0.25) is 0 Å². The number of benzene rings is 2. The van der Waals surface area contributed by atoms with Gasteiger partial charge in [-0.1, -0.05) is 24.6 Å². The number of carbonyl (C=O) groups is 1. The van der Waals surface area contributed by atoms with Crippen LogP contribution in [0.1, 0.15) is 35.2 Å². The van der Waals surface area contributed by atoms with Crippen molar-refractivity contribution in [2.75, 3.05) is 32.8 Å². The summed E-state index contributed by atoms with van der Waals surface area (Å²) in [6.07, 6.45) is 2.90. The summed E-state index contributed by atoms with van der Waals surface area (Å²) in [5, 5.41) is 2.95. The Morgan fingerprint density at radius 1 is 1.10 bits per heavy atom. The molecule has 2 aromatic rings. The number of hydrogen-bond acceptors (Lipinski definition) is 4. The van der Waals surface area contributed by atoms with Crippen molar-refractivity contribution in [3.63, 3.8) is 0 Å². The Labute approximate surface area is 176 Å². The van der Waals surface area contributed by atoms with Crippen LogP contribution in [0.3, 0.4) is 0 Å². The zero-order chi connectivity index (χ0) is 21.2. The number of sulfonamides is 1. The van der Waals surface area contributed by atoms with Crippen molar-refractivity contribution in [2.24, 2.45) is 0 Å². The third-order valence-corrected chi connectivity index (χ3v) is 7.95. The van der Waals surface area contributed by atoms with Crippen LogP contribution >= 0.6 is 0 Å². The standard InChI is InChI=1S/C22H25FN2O4S/c23-19-7-5-18(6-8-19)22(9-2-10-22)16-24-21(26)17-3-1-4-20(15-17)30(27,28)25-11-13-29-14-12-25/h1,3-8,15H,2,9-14,16H2,(H,24,26). The van der Waals surface area contributed by atoms with Crippen molar-refractivity contribution in [3.05, 3.63) is 65.5 Å². The Bertz CT molecular complexity index is 1010. The van der Waals surface area contributed by atoms with Crippen LogP contribution in [-0.4, -0.2) is 51.5 Å². The largest absolute Gasteiger partial charge is 0.379 e. The average Bonchev–Trinajstić information content (AvgIpc) is 2.74. The normalized spacial score (nSPS) is 19.1. The predicted octanol–water partition coefficient (Wildman–Crippen LogP) is 2.70. The highest BCUT2D eigenvalue weighted by Crippen LogP contribution is 2.43. The molecule has 1 aliphatic carbocycles. The summed E-state index contributed by atoms with van der Waals surface area (Å²) < 4.78 is 45.6. The van der Waals surface area contributed by atoms with E-state index < -0.39 is 10.0 Å². The van der Waals surface area contributed by atoms with Gasteiger partial charge in [0.1, 0.15) is 5.82 Å². The van der Waals surface area contributed by atoms with Crippen LogP contribution in [-0.2, 0) is 20.2 Å². The topological polar surface area (TPSA) is 75.7 Å². The molecule has 1 saturated carbocycles. The smallest absolute Gasteiger partial charge is 0.251 e. The number of halogens is 1. The summed E-state index contributed by atoms with van der Waals surface area (Å²) >= 11 is 0. The minimum atomic E-state index is -3.66. The molecule has 1 heterocycles. The van der Waals surface area contributed by atoms with Crippen LogP contribution in [0.4, 0.5) is 4.39 Å². The first kappa shape index (κ1) is 21.0. The van der Waals surface area contributed by atoms with Crippen LogP contribution in [0.25, 0.3) is 0 Å². The van der Waals surface area contributed by atoms with E-state index in [0.29, 0.717) is 38.4 Å². The van der Waals surface area contributed by atoms with Gasteiger partial charge in [0.05, 0.1) is 18.1 Å². The summed E-state index contributed by atoms with van der Waals surface area (Å²) in [4.78, 5) is 12.9. The lowest BCUT2D eigenvalue weighted by atomic mass is 9.64. The number of hydrogen-bond donors (Lipinski definition) is 1. The van der Waals surface area contributed by atoms with Crippen molar-refractivity contribution >= 4 is 15.9 Å². The van der Waals surface area contributed by atoms with Crippen molar-refractivity contribution in [1.29, 1.82) is 0 Å². The van der Waals surface area contributed by atoms with E-state index >= 15 is 0 Å². The van der Waals surface area contributed by atoms with E-state index in [2.05, 4.69) is 5.32 Å². The molecule has 2 fully saturated rings. The van der Waals surface area contributed by atoms with Crippen molar-refractivity contribution in [2.45, 2.75) is 29.6 Å². The molecule has 2 aromatic carbocycles. The van der Waals surface area contributed by atoms with Crippen LogP contribution in [0.5, 0.6) is 0 Å². The molecule has 1 saturated heterocycles. The maximum Gasteiger partial charge on any atom is 0.251 e. The second kappa shape index (κ2) is 8.45. The Morgan fingerprint density at radius 3 is 2.43 bits per heavy atom. The first-order valence-electron chi connectivity index (χ1n) is 10.1. The summed E-state index contributed by atoms with van der Waals surface area (Å²) in [5.41, 5.74) is 1.12. The van der Waals surface area contributed by atoms with Gasteiger partial charge < -0.3 is 10.1 Å². The second-order valence-electron chi connectivity index (χ2n) is 7.87. The highest BCUT2D eigenvalue weighted by Gasteiger charge is 2.39. The molecule has 0 aromatic heterocycles. The van der Waals surface area contributed by atoms with Gasteiger partial charge in [0, 0.05) is 30.6 Å². The molecule has 160 valence electrons. The fourth-order valence-corrected chi connectivity index (χ4v) is 5.51. The fourth-order valence-electron chi connectivity index (χ4n) is 4.06. The predicted molar refractivity (Wildman–Crippen MR) is 110 cm³/mol. The molecule has 4 rings (SSSR count). The van der Waals surface area contributed by atoms with Gasteiger partial charge >= 0.3 is 0 Å². The first-order chi connectivity index (χ1) is 14.4. The molecule has 0 radical (unpaired) electrons. The van der Waals surface area contributed by atoms with Gasteiger partial charge in [-0.25, -0.2) is 12.8 Å². The number of nitrogens with one attached hydrogen (secondary N) is 1.